The van der Waals surface area contributed by atoms with Crippen molar-refractivity contribution in [3.8, 4) is 0 Å². The molecule has 0 aliphatic carbocycles. The molecule has 0 aromatic rings. The first-order valence-electron chi connectivity index (χ1n) is 3.28. The van der Waals surface area contributed by atoms with Gasteiger partial charge in [-0.1, -0.05) is 0 Å². The molecule has 0 unspecified atom stereocenters. The number of nitro groups is 1. The van der Waals surface area contributed by atoms with Crippen LogP contribution in [-0.2, 0) is 0 Å². The molecule has 0 aromatic heterocycles. The summed E-state index contributed by atoms with van der Waals surface area (Å²) in [6.07, 6.45) is 2.95. The van der Waals surface area contributed by atoms with Crippen LogP contribution in [-0.4, -0.2) is 12.0 Å². The van der Waals surface area contributed by atoms with E-state index < -0.39 is 4.92 Å². The fourth-order valence-corrected chi connectivity index (χ4v) is 0.535. The van der Waals surface area contributed by atoms with Gasteiger partial charge in [0.15, 0.2) is 0 Å². The Labute approximate surface area is 65.8 Å². The molecule has 0 amide bonds. The van der Waals surface area contributed by atoms with Crippen molar-refractivity contribution < 1.29 is 4.92 Å². The molecule has 62 valence electrons. The summed E-state index contributed by atoms with van der Waals surface area (Å²) in [6, 6.07) is 0. The normalized spacial score (nSPS) is 13.0. The van der Waals surface area contributed by atoms with E-state index in [-0.39, 0.29) is 5.70 Å². The zero-order valence-corrected chi connectivity index (χ0v) is 6.92. The molecule has 0 heterocycles. The Morgan fingerprint density at radius 2 is 2.18 bits per heavy atom. The zero-order chi connectivity index (χ0) is 8.85. The lowest BCUT2D eigenvalue weighted by Gasteiger charge is -1.96. The molecule has 0 fully saturated rings. The predicted molar refractivity (Wildman–Crippen MR) is 43.6 cm³/mol. The zero-order valence-electron chi connectivity index (χ0n) is 6.92. The molecular formula is C7H12N2O2. The third-order valence-electron chi connectivity index (χ3n) is 1.27. The van der Waals surface area contributed by atoms with Gasteiger partial charge in [0.05, 0.1) is 4.92 Å². The SMILES string of the molecule is C/C=C(\C=C(/C)NC)[N+](=O)[O-]. The van der Waals surface area contributed by atoms with Gasteiger partial charge in [-0.05, 0) is 19.9 Å². The van der Waals surface area contributed by atoms with Crippen LogP contribution in [0, 0.1) is 10.1 Å². The molecule has 0 atom stereocenters. The third kappa shape index (κ3) is 3.40. The van der Waals surface area contributed by atoms with Gasteiger partial charge in [-0.3, -0.25) is 10.1 Å². The van der Waals surface area contributed by atoms with Gasteiger partial charge in [0.25, 0.3) is 5.70 Å². The van der Waals surface area contributed by atoms with Gasteiger partial charge in [0.2, 0.25) is 0 Å². The van der Waals surface area contributed by atoms with E-state index in [0.29, 0.717) is 0 Å². The highest BCUT2D eigenvalue weighted by molar-refractivity contribution is 5.14. The summed E-state index contributed by atoms with van der Waals surface area (Å²) < 4.78 is 0. The average Bonchev–Trinajstić information content (AvgIpc) is 1.99. The van der Waals surface area contributed by atoms with Crippen molar-refractivity contribution in [3.05, 3.63) is 33.7 Å². The molecule has 0 aliphatic rings. The Morgan fingerprint density at radius 3 is 2.45 bits per heavy atom. The first kappa shape index (κ1) is 9.68. The molecule has 1 N–H and O–H groups in total. The lowest BCUT2D eigenvalue weighted by molar-refractivity contribution is -0.419. The number of allylic oxidation sites excluding steroid dienone is 3. The largest absolute Gasteiger partial charge is 0.391 e. The molecule has 4 heteroatoms. The summed E-state index contributed by atoms with van der Waals surface area (Å²) in [5, 5.41) is 13.0. The van der Waals surface area contributed by atoms with E-state index >= 15 is 0 Å². The predicted octanol–water partition coefficient (Wildman–Crippen LogP) is 1.29. The molecule has 11 heavy (non-hydrogen) atoms. The molecule has 0 saturated heterocycles. The van der Waals surface area contributed by atoms with Crippen LogP contribution < -0.4 is 5.32 Å². The van der Waals surface area contributed by atoms with E-state index in [4.69, 9.17) is 0 Å². The van der Waals surface area contributed by atoms with E-state index in [9.17, 15) is 10.1 Å². The minimum atomic E-state index is -0.416. The summed E-state index contributed by atoms with van der Waals surface area (Å²) >= 11 is 0. The highest BCUT2D eigenvalue weighted by atomic mass is 16.6. The number of hydrogen-bond donors (Lipinski definition) is 1. The van der Waals surface area contributed by atoms with E-state index in [2.05, 4.69) is 5.32 Å². The summed E-state index contributed by atoms with van der Waals surface area (Å²) in [7, 11) is 1.72. The van der Waals surface area contributed by atoms with Gasteiger partial charge in [-0.2, -0.15) is 0 Å². The maximum Gasteiger partial charge on any atom is 0.266 e. The van der Waals surface area contributed by atoms with Crippen molar-refractivity contribution in [2.45, 2.75) is 13.8 Å². The van der Waals surface area contributed by atoms with Crippen LogP contribution in [0.1, 0.15) is 13.8 Å². The van der Waals surface area contributed by atoms with Crippen molar-refractivity contribution in [3.63, 3.8) is 0 Å². The maximum atomic E-state index is 10.2. The highest BCUT2D eigenvalue weighted by Gasteiger charge is 2.03. The van der Waals surface area contributed by atoms with Gasteiger partial charge in [-0.15, -0.1) is 0 Å². The van der Waals surface area contributed by atoms with Gasteiger partial charge in [-0.25, -0.2) is 0 Å². The molecule has 0 aromatic carbocycles. The first-order chi connectivity index (χ1) is 5.11. The number of nitrogens with one attached hydrogen (secondary N) is 1. The van der Waals surface area contributed by atoms with Gasteiger partial charge < -0.3 is 5.32 Å². The third-order valence-corrected chi connectivity index (χ3v) is 1.27. The van der Waals surface area contributed by atoms with E-state index in [1.807, 2.05) is 0 Å². The van der Waals surface area contributed by atoms with E-state index in [1.165, 1.54) is 12.2 Å². The molecular weight excluding hydrogens is 144 g/mol. The van der Waals surface area contributed by atoms with Crippen molar-refractivity contribution in [2.24, 2.45) is 0 Å². The molecule has 0 saturated carbocycles. The summed E-state index contributed by atoms with van der Waals surface area (Å²) in [5.74, 6) is 0. The lowest BCUT2D eigenvalue weighted by atomic mass is 10.3. The Kier molecular flexibility index (Phi) is 3.95. The molecule has 0 radical (unpaired) electrons. The van der Waals surface area contributed by atoms with Crippen molar-refractivity contribution in [2.75, 3.05) is 7.05 Å². The molecule has 4 nitrogen and oxygen atoms in total. The molecule has 0 spiro atoms. The van der Waals surface area contributed by atoms with Crippen LogP contribution >= 0.6 is 0 Å². The summed E-state index contributed by atoms with van der Waals surface area (Å²) in [5.41, 5.74) is 0.881. The Balaban J connectivity index is 4.45. The summed E-state index contributed by atoms with van der Waals surface area (Å²) in [6.45, 7) is 3.41. The summed E-state index contributed by atoms with van der Waals surface area (Å²) in [4.78, 5) is 9.83. The monoisotopic (exact) mass is 156 g/mol. The minimum absolute atomic E-state index is 0.108. The molecule has 0 bridgehead atoms. The number of hydrogen-bond acceptors (Lipinski definition) is 3. The Morgan fingerprint density at radius 1 is 1.64 bits per heavy atom. The van der Waals surface area contributed by atoms with Crippen molar-refractivity contribution in [1.82, 2.24) is 5.32 Å². The fraction of sp³-hybridized carbons (Fsp3) is 0.429. The van der Waals surface area contributed by atoms with Gasteiger partial charge in [0, 0.05) is 18.8 Å². The second kappa shape index (κ2) is 4.49. The Hall–Kier alpha value is -1.32. The van der Waals surface area contributed by atoms with Crippen molar-refractivity contribution >= 4 is 0 Å². The van der Waals surface area contributed by atoms with Crippen LogP contribution in [0.3, 0.4) is 0 Å². The smallest absolute Gasteiger partial charge is 0.266 e. The van der Waals surface area contributed by atoms with Crippen LogP contribution in [0.5, 0.6) is 0 Å². The average molecular weight is 156 g/mol. The lowest BCUT2D eigenvalue weighted by Crippen LogP contribution is -2.04. The molecule has 0 aliphatic heterocycles. The van der Waals surface area contributed by atoms with Crippen LogP contribution in [0.2, 0.25) is 0 Å². The molecule has 0 rings (SSSR count). The first-order valence-corrected chi connectivity index (χ1v) is 3.28. The highest BCUT2D eigenvalue weighted by Crippen LogP contribution is 1.99. The quantitative estimate of drug-likeness (QED) is 0.380. The van der Waals surface area contributed by atoms with E-state index in [1.54, 1.807) is 20.9 Å². The minimum Gasteiger partial charge on any atom is -0.391 e. The number of nitrogens with zero attached hydrogens (tertiary/aromatic N) is 1. The fourth-order valence-electron chi connectivity index (χ4n) is 0.535. The Bertz CT molecular complexity index is 206. The van der Waals surface area contributed by atoms with Crippen molar-refractivity contribution in [1.29, 1.82) is 0 Å². The van der Waals surface area contributed by atoms with Crippen LogP contribution in [0.15, 0.2) is 23.5 Å². The van der Waals surface area contributed by atoms with E-state index in [0.717, 1.165) is 5.70 Å². The second-order valence-electron chi connectivity index (χ2n) is 2.05. The van der Waals surface area contributed by atoms with Gasteiger partial charge >= 0.3 is 0 Å². The van der Waals surface area contributed by atoms with Crippen LogP contribution in [0.25, 0.3) is 0 Å². The maximum absolute atomic E-state index is 10.2. The van der Waals surface area contributed by atoms with Crippen LogP contribution in [0.4, 0.5) is 0 Å². The standard InChI is InChI=1S/C7H12N2O2/c1-4-7(9(10)11)5-6(2)8-3/h4-5,8H,1-3H3/b6-5+,7-4+. The second-order valence-corrected chi connectivity index (χ2v) is 2.05. The topological polar surface area (TPSA) is 55.2 Å². The van der Waals surface area contributed by atoms with Gasteiger partial charge in [0.1, 0.15) is 0 Å². The number of rotatable bonds is 3.